The Balaban J connectivity index is 1.53. The predicted octanol–water partition coefficient (Wildman–Crippen LogP) is 9.91. The lowest BCUT2D eigenvalue weighted by Crippen LogP contribution is -2.62. The third-order valence-corrected chi connectivity index (χ3v) is 12.5. The number of rotatable bonds is 4. The summed E-state index contributed by atoms with van der Waals surface area (Å²) in [5.41, 5.74) is 2.82. The highest BCUT2D eigenvalue weighted by Crippen LogP contribution is 2.75. The first-order valence-electron chi connectivity index (χ1n) is 14.2. The highest BCUT2D eigenvalue weighted by atomic mass is 14.7. The average Bonchev–Trinajstić information content (AvgIpc) is 2.98. The van der Waals surface area contributed by atoms with Gasteiger partial charge in [-0.05, 0) is 114 Å². The summed E-state index contributed by atoms with van der Waals surface area (Å²) in [4.78, 5) is 0. The van der Waals surface area contributed by atoms with Crippen molar-refractivity contribution >= 4 is 0 Å². The van der Waals surface area contributed by atoms with E-state index < -0.39 is 0 Å². The summed E-state index contributed by atoms with van der Waals surface area (Å²) in [6, 6.07) is 0. The first kappa shape index (κ1) is 24.1. The van der Waals surface area contributed by atoms with E-state index in [-0.39, 0.29) is 0 Å². The maximum atomic E-state index is 2.79. The van der Waals surface area contributed by atoms with Crippen LogP contribution in [0.25, 0.3) is 0 Å². The molecular formula is C31H56. The fourth-order valence-electron chi connectivity index (χ4n) is 10.7. The number of hydrogen-bond acceptors (Lipinski definition) is 0. The molecule has 0 saturated heterocycles. The van der Waals surface area contributed by atoms with Crippen LogP contribution >= 0.6 is 0 Å². The van der Waals surface area contributed by atoms with Gasteiger partial charge in [0.1, 0.15) is 0 Å². The molecular weight excluding hydrogens is 372 g/mol. The lowest BCUT2D eigenvalue weighted by molar-refractivity contribution is -0.203. The molecule has 1 unspecified atom stereocenters. The predicted molar refractivity (Wildman–Crippen MR) is 136 cm³/mol. The van der Waals surface area contributed by atoms with Gasteiger partial charge in [0.15, 0.2) is 0 Å². The lowest BCUT2D eigenvalue weighted by atomic mass is 9.35. The summed E-state index contributed by atoms with van der Waals surface area (Å²) in [6.07, 6.45) is 17.8. The Hall–Kier alpha value is 0. The molecule has 0 N–H and O–H groups in total. The number of hydrogen-bond donors (Lipinski definition) is 0. The zero-order chi connectivity index (χ0) is 22.9. The molecule has 0 heteroatoms. The van der Waals surface area contributed by atoms with Crippen LogP contribution in [0.15, 0.2) is 0 Å². The molecule has 4 aliphatic rings. The maximum absolute atomic E-state index is 2.79. The average molecular weight is 429 g/mol. The van der Waals surface area contributed by atoms with E-state index in [1.807, 2.05) is 0 Å². The zero-order valence-corrected chi connectivity index (χ0v) is 22.9. The van der Waals surface area contributed by atoms with E-state index in [9.17, 15) is 0 Å². The van der Waals surface area contributed by atoms with Crippen molar-refractivity contribution in [1.29, 1.82) is 0 Å². The van der Waals surface area contributed by atoms with Crippen LogP contribution in [0.2, 0.25) is 0 Å². The topological polar surface area (TPSA) is 0 Å². The Morgan fingerprint density at radius 3 is 2.13 bits per heavy atom. The Labute approximate surface area is 196 Å². The van der Waals surface area contributed by atoms with Gasteiger partial charge in [0.2, 0.25) is 0 Å². The van der Waals surface area contributed by atoms with Crippen molar-refractivity contribution in [3.8, 4) is 0 Å². The highest BCUT2D eigenvalue weighted by molar-refractivity contribution is 5.16. The Kier molecular flexibility index (Phi) is 6.05. The van der Waals surface area contributed by atoms with Gasteiger partial charge in [0, 0.05) is 0 Å². The molecule has 4 fully saturated rings. The molecule has 0 aromatic rings. The first-order chi connectivity index (χ1) is 14.2. The minimum Gasteiger partial charge on any atom is -0.0622 e. The molecule has 0 heterocycles. The molecule has 8 atom stereocenters. The van der Waals surface area contributed by atoms with Gasteiger partial charge in [-0.1, -0.05) is 81.6 Å². The molecule has 0 aliphatic heterocycles. The van der Waals surface area contributed by atoms with Gasteiger partial charge in [0.25, 0.3) is 0 Å². The molecule has 4 aliphatic carbocycles. The molecule has 31 heavy (non-hydrogen) atoms. The van der Waals surface area contributed by atoms with Gasteiger partial charge >= 0.3 is 0 Å². The third kappa shape index (κ3) is 3.77. The van der Waals surface area contributed by atoms with Crippen LogP contribution < -0.4 is 0 Å². The van der Waals surface area contributed by atoms with E-state index in [4.69, 9.17) is 0 Å². The van der Waals surface area contributed by atoms with Crippen molar-refractivity contribution in [2.24, 2.45) is 56.7 Å². The van der Waals surface area contributed by atoms with Crippen molar-refractivity contribution in [2.75, 3.05) is 0 Å². The molecule has 4 saturated carbocycles. The summed E-state index contributed by atoms with van der Waals surface area (Å²) < 4.78 is 0. The van der Waals surface area contributed by atoms with Crippen molar-refractivity contribution in [1.82, 2.24) is 0 Å². The monoisotopic (exact) mass is 428 g/mol. The molecule has 0 bridgehead atoms. The minimum absolute atomic E-state index is 0.497. The molecule has 0 radical (unpaired) electrons. The van der Waals surface area contributed by atoms with Gasteiger partial charge in [0.05, 0.1) is 0 Å². The summed E-state index contributed by atoms with van der Waals surface area (Å²) >= 11 is 0. The van der Waals surface area contributed by atoms with Crippen molar-refractivity contribution in [3.05, 3.63) is 0 Å². The Bertz CT molecular complexity index is 651. The lowest BCUT2D eigenvalue weighted by Gasteiger charge is -2.69. The summed E-state index contributed by atoms with van der Waals surface area (Å²) in [5, 5.41) is 0. The zero-order valence-electron chi connectivity index (χ0n) is 22.9. The molecule has 4 rings (SSSR count). The van der Waals surface area contributed by atoms with Crippen LogP contribution in [0.5, 0.6) is 0 Å². The molecule has 0 nitrogen and oxygen atoms in total. The van der Waals surface area contributed by atoms with E-state index in [0.717, 1.165) is 29.6 Å². The fourth-order valence-corrected chi connectivity index (χ4v) is 10.7. The normalized spacial score (nSPS) is 47.9. The molecule has 0 aromatic heterocycles. The Morgan fingerprint density at radius 1 is 0.774 bits per heavy atom. The summed E-state index contributed by atoms with van der Waals surface area (Å²) in [7, 11) is 0. The second kappa shape index (κ2) is 7.77. The van der Waals surface area contributed by atoms with Crippen LogP contribution in [0.1, 0.15) is 139 Å². The smallest absolute Gasteiger partial charge is 0.0235 e. The number of fused-ring (bicyclic) bond motifs is 5. The third-order valence-electron chi connectivity index (χ3n) is 12.5. The van der Waals surface area contributed by atoms with E-state index in [1.54, 1.807) is 0 Å². The molecule has 180 valence electrons. The van der Waals surface area contributed by atoms with Gasteiger partial charge < -0.3 is 0 Å². The van der Waals surface area contributed by atoms with Crippen LogP contribution in [0.3, 0.4) is 0 Å². The van der Waals surface area contributed by atoms with Crippen LogP contribution in [0, 0.1) is 56.7 Å². The first-order valence-corrected chi connectivity index (χ1v) is 14.2. The van der Waals surface area contributed by atoms with Crippen LogP contribution in [-0.2, 0) is 0 Å². The van der Waals surface area contributed by atoms with E-state index in [0.29, 0.717) is 27.1 Å². The van der Waals surface area contributed by atoms with Crippen molar-refractivity contribution < 1.29 is 0 Å². The van der Waals surface area contributed by atoms with Crippen molar-refractivity contribution in [2.45, 2.75) is 139 Å². The summed E-state index contributed by atoms with van der Waals surface area (Å²) in [5.74, 6) is 4.84. The van der Waals surface area contributed by atoms with E-state index >= 15 is 0 Å². The maximum Gasteiger partial charge on any atom is -0.0235 e. The molecule has 0 spiro atoms. The SMILES string of the molecule is C[C@H](CCCC(C)(C)C)[C@H]1CC[C@@]2(C)[C@@H]1CC[C@@H]1[C@@]3(C)CCCC(C)(C)C3CC[C@]12C. The van der Waals surface area contributed by atoms with E-state index in [2.05, 4.69) is 62.3 Å². The second-order valence-electron chi connectivity index (χ2n) is 15.6. The second-order valence-corrected chi connectivity index (χ2v) is 15.6. The standard InChI is InChI=1S/C31H56/c1-22(12-10-17-27(2,3)4)23-15-20-30(8)24(23)13-14-26-29(7)19-11-18-28(5,6)25(29)16-21-31(26,30)9/h22-26H,10-21H2,1-9H3/t22-,23-,24-,25?,26-,29+,30+,31-/m1/s1. The van der Waals surface area contributed by atoms with Gasteiger partial charge in [-0.2, -0.15) is 0 Å². The molecule has 0 amide bonds. The quantitative estimate of drug-likeness (QED) is 0.418. The molecule has 0 aromatic carbocycles. The summed E-state index contributed by atoms with van der Waals surface area (Å²) in [6.45, 7) is 23.4. The highest BCUT2D eigenvalue weighted by Gasteiger charge is 2.67. The van der Waals surface area contributed by atoms with Gasteiger partial charge in [-0.3, -0.25) is 0 Å². The van der Waals surface area contributed by atoms with Gasteiger partial charge in [-0.25, -0.2) is 0 Å². The van der Waals surface area contributed by atoms with E-state index in [1.165, 1.54) is 77.0 Å². The largest absolute Gasteiger partial charge is 0.0622 e. The fraction of sp³-hybridized carbons (Fsp3) is 1.00. The Morgan fingerprint density at radius 2 is 1.45 bits per heavy atom. The van der Waals surface area contributed by atoms with Crippen LogP contribution in [0.4, 0.5) is 0 Å². The van der Waals surface area contributed by atoms with Gasteiger partial charge in [-0.15, -0.1) is 0 Å². The van der Waals surface area contributed by atoms with Crippen LogP contribution in [-0.4, -0.2) is 0 Å². The van der Waals surface area contributed by atoms with Crippen molar-refractivity contribution in [3.63, 3.8) is 0 Å². The minimum atomic E-state index is 0.497.